The Labute approximate surface area is 131 Å². The molecule has 0 radical (unpaired) electrons. The summed E-state index contributed by atoms with van der Waals surface area (Å²) in [6.45, 7) is 16.7. The third-order valence-corrected chi connectivity index (χ3v) is 5.29. The molecular formula is C18H36N2O. The van der Waals surface area contributed by atoms with E-state index in [0.717, 1.165) is 19.8 Å². The average Bonchev–Trinajstić information content (AvgIpc) is 2.84. The van der Waals surface area contributed by atoms with E-state index in [1.165, 1.54) is 38.8 Å². The smallest absolute Gasteiger partial charge is 0.0593 e. The van der Waals surface area contributed by atoms with E-state index in [1.54, 1.807) is 0 Å². The summed E-state index contributed by atoms with van der Waals surface area (Å²) in [5, 5.41) is 3.85. The van der Waals surface area contributed by atoms with Crippen molar-refractivity contribution in [2.45, 2.75) is 71.9 Å². The molecule has 1 atom stereocenters. The number of piperazine rings is 1. The number of nitrogens with zero attached hydrogens (tertiary/aromatic N) is 1. The van der Waals surface area contributed by atoms with Crippen LogP contribution in [0.5, 0.6) is 0 Å². The fourth-order valence-electron chi connectivity index (χ4n) is 3.83. The summed E-state index contributed by atoms with van der Waals surface area (Å²) >= 11 is 0. The first-order valence-corrected chi connectivity index (χ1v) is 8.90. The van der Waals surface area contributed by atoms with Gasteiger partial charge in [0.1, 0.15) is 0 Å². The van der Waals surface area contributed by atoms with Crippen molar-refractivity contribution < 1.29 is 4.74 Å². The maximum atomic E-state index is 5.86. The van der Waals surface area contributed by atoms with Crippen LogP contribution in [0.2, 0.25) is 0 Å². The van der Waals surface area contributed by atoms with Crippen LogP contribution in [0.25, 0.3) is 0 Å². The number of hydrogen-bond donors (Lipinski definition) is 1. The average molecular weight is 296 g/mol. The van der Waals surface area contributed by atoms with Gasteiger partial charge in [0.15, 0.2) is 0 Å². The van der Waals surface area contributed by atoms with Gasteiger partial charge < -0.3 is 10.1 Å². The maximum absolute atomic E-state index is 5.86. The second-order valence-corrected chi connectivity index (χ2v) is 8.65. The van der Waals surface area contributed by atoms with Gasteiger partial charge in [-0.3, -0.25) is 4.90 Å². The zero-order valence-corrected chi connectivity index (χ0v) is 14.9. The first kappa shape index (κ1) is 17.2. The predicted molar refractivity (Wildman–Crippen MR) is 89.7 cm³/mol. The Bertz CT molecular complexity index is 316. The molecule has 1 aliphatic carbocycles. The molecule has 0 aromatic carbocycles. The molecule has 2 rings (SSSR count). The van der Waals surface area contributed by atoms with E-state index in [2.05, 4.69) is 44.8 Å². The molecule has 2 aliphatic rings. The fourth-order valence-corrected chi connectivity index (χ4v) is 3.83. The molecule has 124 valence electrons. The molecule has 0 aromatic heterocycles. The van der Waals surface area contributed by atoms with Gasteiger partial charge in [-0.25, -0.2) is 0 Å². The minimum absolute atomic E-state index is 0.331. The first-order valence-electron chi connectivity index (χ1n) is 8.90. The van der Waals surface area contributed by atoms with E-state index in [9.17, 15) is 0 Å². The number of rotatable bonds is 5. The quantitative estimate of drug-likeness (QED) is 0.788. The van der Waals surface area contributed by atoms with Crippen LogP contribution in [0, 0.1) is 11.3 Å². The van der Waals surface area contributed by atoms with Crippen LogP contribution < -0.4 is 5.32 Å². The van der Waals surface area contributed by atoms with Crippen LogP contribution in [0.1, 0.15) is 60.3 Å². The molecule has 1 spiro atoms. The highest BCUT2D eigenvalue weighted by Crippen LogP contribution is 2.38. The lowest BCUT2D eigenvalue weighted by Gasteiger charge is -2.51. The summed E-state index contributed by atoms with van der Waals surface area (Å²) in [6.07, 6.45) is 5.51. The second kappa shape index (κ2) is 6.97. The van der Waals surface area contributed by atoms with Gasteiger partial charge in [-0.05, 0) is 24.2 Å². The number of nitrogens with one attached hydrogen (secondary N) is 1. The van der Waals surface area contributed by atoms with Crippen LogP contribution in [0.4, 0.5) is 0 Å². The Morgan fingerprint density at radius 1 is 1.24 bits per heavy atom. The van der Waals surface area contributed by atoms with Gasteiger partial charge >= 0.3 is 0 Å². The van der Waals surface area contributed by atoms with Gasteiger partial charge in [0, 0.05) is 37.8 Å². The highest BCUT2D eigenvalue weighted by molar-refractivity contribution is 5.03. The van der Waals surface area contributed by atoms with Gasteiger partial charge in [-0.15, -0.1) is 0 Å². The minimum Gasteiger partial charge on any atom is -0.380 e. The highest BCUT2D eigenvalue weighted by Gasteiger charge is 2.45. The molecule has 3 heteroatoms. The molecule has 0 amide bonds. The molecule has 21 heavy (non-hydrogen) atoms. The van der Waals surface area contributed by atoms with Gasteiger partial charge in [-0.2, -0.15) is 0 Å². The molecule has 3 nitrogen and oxygen atoms in total. The van der Waals surface area contributed by atoms with Gasteiger partial charge in [-0.1, -0.05) is 47.5 Å². The zero-order chi connectivity index (χ0) is 15.5. The molecule has 1 saturated heterocycles. The summed E-state index contributed by atoms with van der Waals surface area (Å²) < 4.78 is 5.86. The van der Waals surface area contributed by atoms with Crippen molar-refractivity contribution in [3.8, 4) is 0 Å². The third kappa shape index (κ3) is 4.43. The van der Waals surface area contributed by atoms with E-state index < -0.39 is 0 Å². The van der Waals surface area contributed by atoms with Gasteiger partial charge in [0.05, 0.1) is 6.61 Å². The van der Waals surface area contributed by atoms with E-state index in [4.69, 9.17) is 4.74 Å². The normalized spacial score (nSPS) is 26.9. The second-order valence-electron chi connectivity index (χ2n) is 8.65. The standard InChI is InChI=1S/C18H36N2O/c1-15(2)13-21-11-10-20-12-16(17(3,4)5)19-14-18(20)8-6-7-9-18/h15-16,19H,6-14H2,1-5H3. The van der Waals surface area contributed by atoms with E-state index >= 15 is 0 Å². The minimum atomic E-state index is 0.331. The highest BCUT2D eigenvalue weighted by atomic mass is 16.5. The molecular weight excluding hydrogens is 260 g/mol. The van der Waals surface area contributed by atoms with E-state index in [0.29, 0.717) is 22.9 Å². The molecule has 0 aromatic rings. The molecule has 1 heterocycles. The van der Waals surface area contributed by atoms with Crippen molar-refractivity contribution in [2.24, 2.45) is 11.3 Å². The topological polar surface area (TPSA) is 24.5 Å². The fraction of sp³-hybridized carbons (Fsp3) is 1.00. The summed E-state index contributed by atoms with van der Waals surface area (Å²) in [5.41, 5.74) is 0.750. The Morgan fingerprint density at radius 3 is 2.48 bits per heavy atom. The summed E-state index contributed by atoms with van der Waals surface area (Å²) in [7, 11) is 0. The van der Waals surface area contributed by atoms with Crippen LogP contribution >= 0.6 is 0 Å². The largest absolute Gasteiger partial charge is 0.380 e. The van der Waals surface area contributed by atoms with E-state index in [-0.39, 0.29) is 0 Å². The lowest BCUT2D eigenvalue weighted by atomic mass is 9.81. The van der Waals surface area contributed by atoms with Gasteiger partial charge in [0.25, 0.3) is 0 Å². The van der Waals surface area contributed by atoms with Crippen molar-refractivity contribution in [2.75, 3.05) is 32.8 Å². The molecule has 0 bridgehead atoms. The van der Waals surface area contributed by atoms with E-state index in [1.807, 2.05) is 0 Å². The van der Waals surface area contributed by atoms with Crippen LogP contribution in [-0.4, -0.2) is 49.3 Å². The Balaban J connectivity index is 1.93. The SMILES string of the molecule is CC(C)COCCN1CC(C(C)(C)C)NCC12CCCC2. The lowest BCUT2D eigenvalue weighted by Crippen LogP contribution is -2.66. The lowest BCUT2D eigenvalue weighted by molar-refractivity contribution is -0.00804. The van der Waals surface area contributed by atoms with Crippen molar-refractivity contribution in [3.05, 3.63) is 0 Å². The van der Waals surface area contributed by atoms with Crippen molar-refractivity contribution in [1.29, 1.82) is 0 Å². The van der Waals surface area contributed by atoms with Crippen LogP contribution in [-0.2, 0) is 4.74 Å². The van der Waals surface area contributed by atoms with Crippen molar-refractivity contribution in [3.63, 3.8) is 0 Å². The summed E-state index contributed by atoms with van der Waals surface area (Å²) in [5.74, 6) is 0.635. The number of ether oxygens (including phenoxy) is 1. The Hall–Kier alpha value is -0.120. The van der Waals surface area contributed by atoms with Crippen LogP contribution in [0.3, 0.4) is 0 Å². The third-order valence-electron chi connectivity index (χ3n) is 5.29. The monoisotopic (exact) mass is 296 g/mol. The molecule has 1 saturated carbocycles. The summed E-state index contributed by atoms with van der Waals surface area (Å²) in [6, 6.07) is 0.592. The predicted octanol–water partition coefficient (Wildman–Crippen LogP) is 3.29. The molecule has 1 unspecified atom stereocenters. The number of hydrogen-bond acceptors (Lipinski definition) is 3. The molecule has 2 fully saturated rings. The summed E-state index contributed by atoms with van der Waals surface area (Å²) in [4.78, 5) is 2.76. The maximum Gasteiger partial charge on any atom is 0.0593 e. The van der Waals surface area contributed by atoms with Gasteiger partial charge in [0.2, 0.25) is 0 Å². The van der Waals surface area contributed by atoms with Crippen molar-refractivity contribution >= 4 is 0 Å². The zero-order valence-electron chi connectivity index (χ0n) is 14.9. The van der Waals surface area contributed by atoms with Crippen LogP contribution in [0.15, 0.2) is 0 Å². The first-order chi connectivity index (χ1) is 9.83. The Kier molecular flexibility index (Phi) is 5.72. The Morgan fingerprint density at radius 2 is 1.90 bits per heavy atom. The van der Waals surface area contributed by atoms with Crippen molar-refractivity contribution in [1.82, 2.24) is 10.2 Å². The molecule has 1 N–H and O–H groups in total. The molecule has 1 aliphatic heterocycles.